The number of hydrogen-bond acceptors (Lipinski definition) is 3. The van der Waals surface area contributed by atoms with Gasteiger partial charge >= 0.3 is 0 Å². The van der Waals surface area contributed by atoms with E-state index in [4.69, 9.17) is 11.6 Å². The highest BCUT2D eigenvalue weighted by Gasteiger charge is 2.15. The highest BCUT2D eigenvalue weighted by Crippen LogP contribution is 2.26. The smallest absolute Gasteiger partial charge is 0.258 e. The number of anilines is 1. The van der Waals surface area contributed by atoms with Crippen molar-refractivity contribution in [3.05, 3.63) is 74.8 Å². The van der Waals surface area contributed by atoms with E-state index >= 15 is 0 Å². The molecule has 3 rings (SSSR count). The molecule has 0 unspecified atom stereocenters. The lowest BCUT2D eigenvalue weighted by Gasteiger charge is -2.07. The van der Waals surface area contributed by atoms with Gasteiger partial charge < -0.3 is 5.32 Å². The number of carbonyl (C=O) groups is 1. The Kier molecular flexibility index (Phi) is 6.06. The summed E-state index contributed by atoms with van der Waals surface area (Å²) in [6, 6.07) is 13.6. The predicted molar refractivity (Wildman–Crippen MR) is 111 cm³/mol. The number of rotatable bonds is 5. The molecule has 0 saturated carbocycles. The van der Waals surface area contributed by atoms with Gasteiger partial charge in [0.2, 0.25) is 0 Å². The lowest BCUT2D eigenvalue weighted by Crippen LogP contribution is -2.14. The van der Waals surface area contributed by atoms with Gasteiger partial charge in [0.15, 0.2) is 5.82 Å². The van der Waals surface area contributed by atoms with Crippen LogP contribution in [0.1, 0.15) is 21.5 Å². The molecule has 4 nitrogen and oxygen atoms in total. The van der Waals surface area contributed by atoms with Crippen molar-refractivity contribution >= 4 is 51.0 Å². The first kappa shape index (κ1) is 19.0. The fraction of sp³-hybridized carbons (Fsp3) is 0.158. The van der Waals surface area contributed by atoms with Crippen molar-refractivity contribution in [2.75, 3.05) is 11.6 Å². The minimum Gasteiger partial charge on any atom is -0.304 e. The molecule has 7 heteroatoms. The molecule has 26 heavy (non-hydrogen) atoms. The largest absolute Gasteiger partial charge is 0.304 e. The quantitative estimate of drug-likeness (QED) is 0.512. The summed E-state index contributed by atoms with van der Waals surface area (Å²) >= 11 is 11.2. The first-order valence-electron chi connectivity index (χ1n) is 7.89. The van der Waals surface area contributed by atoms with Crippen molar-refractivity contribution in [2.45, 2.75) is 18.4 Å². The van der Waals surface area contributed by atoms with E-state index in [-0.39, 0.29) is 5.91 Å². The molecule has 134 valence electrons. The number of thioether (sulfide) groups is 1. The van der Waals surface area contributed by atoms with Gasteiger partial charge in [-0.05, 0) is 52.9 Å². The zero-order valence-corrected chi connectivity index (χ0v) is 17.5. The van der Waals surface area contributed by atoms with E-state index in [0.29, 0.717) is 22.9 Å². The minimum atomic E-state index is -0.285. The number of amides is 1. The number of benzene rings is 2. The Bertz CT molecular complexity index is 958. The number of nitrogens with one attached hydrogen (secondary N) is 1. The molecule has 0 spiro atoms. The van der Waals surface area contributed by atoms with Crippen LogP contribution in [0.2, 0.25) is 5.02 Å². The Morgan fingerprint density at radius 3 is 2.85 bits per heavy atom. The first-order chi connectivity index (χ1) is 12.5. The molecule has 2 aromatic carbocycles. The number of aromatic nitrogens is 2. The van der Waals surface area contributed by atoms with Gasteiger partial charge in [0.1, 0.15) is 0 Å². The van der Waals surface area contributed by atoms with E-state index < -0.39 is 0 Å². The maximum atomic E-state index is 12.6. The molecule has 1 heterocycles. The zero-order valence-electron chi connectivity index (χ0n) is 14.3. The summed E-state index contributed by atoms with van der Waals surface area (Å²) in [7, 11) is 0. The topological polar surface area (TPSA) is 46.9 Å². The Hall–Kier alpha value is -1.76. The fourth-order valence-corrected chi connectivity index (χ4v) is 3.60. The van der Waals surface area contributed by atoms with E-state index in [2.05, 4.69) is 51.5 Å². The van der Waals surface area contributed by atoms with Gasteiger partial charge in [-0.2, -0.15) is 5.10 Å². The molecule has 3 aromatic rings. The maximum absolute atomic E-state index is 12.6. The standard InChI is InChI=1S/C19H17BrClN3OS/c1-12-4-3-5-13(8-12)10-24-11-16(20)18(23-24)22-19(25)15-9-14(26-2)6-7-17(15)21/h3-9,11H,10H2,1-2H3,(H,22,23,25). The molecule has 1 N–H and O–H groups in total. The van der Waals surface area contributed by atoms with E-state index in [9.17, 15) is 4.79 Å². The van der Waals surface area contributed by atoms with Crippen molar-refractivity contribution in [1.82, 2.24) is 9.78 Å². The van der Waals surface area contributed by atoms with Crippen molar-refractivity contribution in [3.8, 4) is 0 Å². The molecule has 0 saturated heterocycles. The number of nitrogens with zero attached hydrogens (tertiary/aromatic N) is 2. The third-order valence-electron chi connectivity index (χ3n) is 3.79. The number of aryl methyl sites for hydroxylation is 1. The van der Waals surface area contributed by atoms with E-state index in [1.54, 1.807) is 28.6 Å². The summed E-state index contributed by atoms with van der Waals surface area (Å²) in [6.07, 6.45) is 3.80. The van der Waals surface area contributed by atoms with Crippen LogP contribution in [0.5, 0.6) is 0 Å². The molecule has 0 bridgehead atoms. The van der Waals surface area contributed by atoms with Crippen LogP contribution < -0.4 is 5.32 Å². The Labute approximate surface area is 170 Å². The number of halogens is 2. The normalized spacial score (nSPS) is 10.8. The highest BCUT2D eigenvalue weighted by molar-refractivity contribution is 9.10. The van der Waals surface area contributed by atoms with Crippen LogP contribution in [0.25, 0.3) is 0 Å². The van der Waals surface area contributed by atoms with E-state index in [0.717, 1.165) is 14.9 Å². The van der Waals surface area contributed by atoms with Gasteiger partial charge in [-0.3, -0.25) is 9.48 Å². The third kappa shape index (κ3) is 4.50. The monoisotopic (exact) mass is 449 g/mol. The average Bonchev–Trinajstić information content (AvgIpc) is 2.94. The van der Waals surface area contributed by atoms with Crippen molar-refractivity contribution in [2.24, 2.45) is 0 Å². The highest BCUT2D eigenvalue weighted by atomic mass is 79.9. The van der Waals surface area contributed by atoms with Crippen LogP contribution in [-0.2, 0) is 6.54 Å². The van der Waals surface area contributed by atoms with Crippen LogP contribution in [-0.4, -0.2) is 21.9 Å². The van der Waals surface area contributed by atoms with Crippen molar-refractivity contribution in [1.29, 1.82) is 0 Å². The Balaban J connectivity index is 1.78. The molecule has 1 aromatic heterocycles. The van der Waals surface area contributed by atoms with E-state index in [1.165, 1.54) is 5.56 Å². The molecule has 0 radical (unpaired) electrons. The molecular formula is C19H17BrClN3OS. The average molecular weight is 451 g/mol. The van der Waals surface area contributed by atoms with Gasteiger partial charge in [0.25, 0.3) is 5.91 Å². The summed E-state index contributed by atoms with van der Waals surface area (Å²) < 4.78 is 2.50. The third-order valence-corrected chi connectivity index (χ3v) is 5.43. The maximum Gasteiger partial charge on any atom is 0.258 e. The predicted octanol–water partition coefficient (Wildman–Crippen LogP) is 5.63. The van der Waals surface area contributed by atoms with Crippen LogP contribution in [0, 0.1) is 6.92 Å². The molecule has 0 aliphatic heterocycles. The van der Waals surface area contributed by atoms with Gasteiger partial charge in [0, 0.05) is 11.1 Å². The van der Waals surface area contributed by atoms with E-state index in [1.807, 2.05) is 24.6 Å². The van der Waals surface area contributed by atoms with Crippen molar-refractivity contribution < 1.29 is 4.79 Å². The molecule has 1 amide bonds. The van der Waals surface area contributed by atoms with Gasteiger partial charge in [-0.25, -0.2) is 0 Å². The van der Waals surface area contributed by atoms with Crippen LogP contribution in [0.15, 0.2) is 58.0 Å². The molecular weight excluding hydrogens is 434 g/mol. The lowest BCUT2D eigenvalue weighted by atomic mass is 10.1. The van der Waals surface area contributed by atoms with Gasteiger partial charge in [-0.1, -0.05) is 41.4 Å². The second-order valence-corrected chi connectivity index (χ2v) is 7.95. The van der Waals surface area contributed by atoms with Crippen LogP contribution >= 0.6 is 39.3 Å². The Morgan fingerprint density at radius 1 is 1.31 bits per heavy atom. The van der Waals surface area contributed by atoms with Crippen LogP contribution in [0.4, 0.5) is 5.82 Å². The Morgan fingerprint density at radius 2 is 2.12 bits per heavy atom. The minimum absolute atomic E-state index is 0.285. The zero-order chi connectivity index (χ0) is 18.7. The summed E-state index contributed by atoms with van der Waals surface area (Å²) in [5.74, 6) is 0.181. The van der Waals surface area contributed by atoms with Gasteiger partial charge in [0.05, 0.1) is 21.6 Å². The molecule has 0 fully saturated rings. The van der Waals surface area contributed by atoms with Gasteiger partial charge in [-0.15, -0.1) is 11.8 Å². The first-order valence-corrected chi connectivity index (χ1v) is 10.3. The summed E-state index contributed by atoms with van der Waals surface area (Å²) in [5.41, 5.74) is 2.78. The SMILES string of the molecule is CSc1ccc(Cl)c(C(=O)Nc2nn(Cc3cccc(C)c3)cc2Br)c1. The molecule has 0 aliphatic rings. The summed E-state index contributed by atoms with van der Waals surface area (Å²) in [6.45, 7) is 2.68. The second-order valence-electron chi connectivity index (χ2n) is 5.81. The lowest BCUT2D eigenvalue weighted by molar-refractivity contribution is 0.102. The second kappa shape index (κ2) is 8.29. The number of carbonyl (C=O) groups excluding carboxylic acids is 1. The fourth-order valence-electron chi connectivity index (χ4n) is 2.54. The van der Waals surface area contributed by atoms with Crippen LogP contribution in [0.3, 0.4) is 0 Å². The summed E-state index contributed by atoms with van der Waals surface area (Å²) in [4.78, 5) is 13.6. The van der Waals surface area contributed by atoms with Crippen molar-refractivity contribution in [3.63, 3.8) is 0 Å². The molecule has 0 atom stereocenters. The number of hydrogen-bond donors (Lipinski definition) is 1. The molecule has 0 aliphatic carbocycles. The summed E-state index contributed by atoms with van der Waals surface area (Å²) in [5, 5.41) is 7.70.